The molecule has 4 nitrogen and oxygen atoms in total. The van der Waals surface area contributed by atoms with Gasteiger partial charge in [-0.2, -0.15) is 5.10 Å². The van der Waals surface area contributed by atoms with E-state index in [0.717, 1.165) is 24.4 Å². The van der Waals surface area contributed by atoms with E-state index in [-0.39, 0.29) is 11.7 Å². The number of halogens is 2. The van der Waals surface area contributed by atoms with Crippen LogP contribution < -0.4 is 0 Å². The number of aromatic nitrogens is 2. The van der Waals surface area contributed by atoms with Gasteiger partial charge in [0.25, 0.3) is 0 Å². The molecule has 0 N–H and O–H groups in total. The molecule has 0 unspecified atom stereocenters. The summed E-state index contributed by atoms with van der Waals surface area (Å²) in [6.07, 6.45) is 7.64. The molecule has 1 amide bonds. The molecule has 2 aliphatic rings. The van der Waals surface area contributed by atoms with Crippen molar-refractivity contribution in [3.63, 3.8) is 0 Å². The summed E-state index contributed by atoms with van der Waals surface area (Å²) in [7, 11) is 0. The molecule has 2 aromatic rings. The molecule has 0 saturated heterocycles. The minimum Gasteiger partial charge on any atom is -0.336 e. The van der Waals surface area contributed by atoms with Crippen LogP contribution in [0, 0.1) is 18.7 Å². The third-order valence-electron chi connectivity index (χ3n) is 6.22. The minimum absolute atomic E-state index is 0.251. The molecule has 1 aromatic heterocycles. The molecular formula is C22H27ClFN3O. The number of nitrogens with zero attached hydrogens (tertiary/aromatic N) is 3. The Kier molecular flexibility index (Phi) is 5.72. The van der Waals surface area contributed by atoms with Gasteiger partial charge in [0, 0.05) is 23.6 Å². The van der Waals surface area contributed by atoms with Gasteiger partial charge in [0.15, 0.2) is 0 Å². The lowest BCUT2D eigenvalue weighted by Crippen LogP contribution is -2.37. The van der Waals surface area contributed by atoms with Crippen molar-refractivity contribution < 1.29 is 9.18 Å². The number of hydrogen-bond acceptors (Lipinski definition) is 2. The summed E-state index contributed by atoms with van der Waals surface area (Å²) in [5.74, 6) is 0.466. The van der Waals surface area contributed by atoms with E-state index in [1.54, 1.807) is 12.1 Å². The van der Waals surface area contributed by atoms with Crippen LogP contribution in [0.1, 0.15) is 61.0 Å². The molecule has 1 saturated carbocycles. The second kappa shape index (κ2) is 8.24. The molecule has 1 aromatic carbocycles. The second-order valence-corrected chi connectivity index (χ2v) is 8.61. The normalized spacial score (nSPS) is 17.6. The van der Waals surface area contributed by atoms with Crippen LogP contribution in [0.3, 0.4) is 0 Å². The Hall–Kier alpha value is -1.88. The summed E-state index contributed by atoms with van der Waals surface area (Å²) in [5.41, 5.74) is 3.77. The van der Waals surface area contributed by atoms with Gasteiger partial charge in [0.05, 0.1) is 24.5 Å². The minimum atomic E-state index is -0.324. The summed E-state index contributed by atoms with van der Waals surface area (Å²) < 4.78 is 16.1. The molecule has 1 fully saturated rings. The zero-order valence-corrected chi connectivity index (χ0v) is 17.1. The molecule has 2 heterocycles. The predicted molar refractivity (Wildman–Crippen MR) is 108 cm³/mol. The molecule has 1 aliphatic carbocycles. The van der Waals surface area contributed by atoms with Crippen LogP contribution in [0.2, 0.25) is 5.02 Å². The van der Waals surface area contributed by atoms with E-state index >= 15 is 0 Å². The Labute approximate surface area is 170 Å². The Morgan fingerprint density at radius 2 is 2.07 bits per heavy atom. The van der Waals surface area contributed by atoms with Crippen LogP contribution in [0.25, 0.3) is 0 Å². The molecule has 0 atom stereocenters. The molecule has 150 valence electrons. The van der Waals surface area contributed by atoms with Crippen molar-refractivity contribution in [1.82, 2.24) is 14.7 Å². The first-order valence-electron chi connectivity index (χ1n) is 10.3. The molecule has 4 rings (SSSR count). The highest BCUT2D eigenvalue weighted by Crippen LogP contribution is 2.29. The third kappa shape index (κ3) is 4.09. The smallest absolute Gasteiger partial charge is 0.223 e. The third-order valence-corrected chi connectivity index (χ3v) is 6.45. The standard InChI is InChI=1S/C22H27ClFN3O/c1-15-19-9-10-26(22(28)11-16-5-3-2-4-6-16)14-21(19)27(25-15)13-17-7-8-18(23)12-20(17)24/h7-8,12,16H,2-6,9-11,13-14H2,1H3. The number of aryl methyl sites for hydroxylation is 1. The first-order chi connectivity index (χ1) is 13.5. The van der Waals surface area contributed by atoms with Crippen molar-refractivity contribution in [2.24, 2.45) is 5.92 Å². The fraction of sp³-hybridized carbons (Fsp3) is 0.545. The zero-order valence-electron chi connectivity index (χ0n) is 16.4. The van der Waals surface area contributed by atoms with E-state index in [1.807, 2.05) is 16.5 Å². The summed E-state index contributed by atoms with van der Waals surface area (Å²) in [6.45, 7) is 3.66. The van der Waals surface area contributed by atoms with Gasteiger partial charge in [-0.25, -0.2) is 4.39 Å². The van der Waals surface area contributed by atoms with Gasteiger partial charge in [0.1, 0.15) is 5.82 Å². The number of fused-ring (bicyclic) bond motifs is 1. The van der Waals surface area contributed by atoms with Gasteiger partial charge in [0.2, 0.25) is 5.91 Å². The van der Waals surface area contributed by atoms with Gasteiger partial charge in [-0.3, -0.25) is 9.48 Å². The van der Waals surface area contributed by atoms with E-state index in [4.69, 9.17) is 11.6 Å². The first kappa shape index (κ1) is 19.4. The number of hydrogen-bond donors (Lipinski definition) is 0. The van der Waals surface area contributed by atoms with E-state index in [0.29, 0.717) is 36.0 Å². The largest absolute Gasteiger partial charge is 0.336 e. The predicted octanol–water partition coefficient (Wildman–Crippen LogP) is 4.89. The zero-order chi connectivity index (χ0) is 19.7. The van der Waals surface area contributed by atoms with Crippen LogP contribution in [-0.4, -0.2) is 27.1 Å². The molecule has 0 radical (unpaired) electrons. The highest BCUT2D eigenvalue weighted by Gasteiger charge is 2.28. The summed E-state index contributed by atoms with van der Waals surface area (Å²) in [6, 6.07) is 4.73. The van der Waals surface area contributed by atoms with E-state index < -0.39 is 0 Å². The number of carbonyl (C=O) groups is 1. The van der Waals surface area contributed by atoms with Crippen LogP contribution in [-0.2, 0) is 24.3 Å². The van der Waals surface area contributed by atoms with Crippen LogP contribution >= 0.6 is 11.6 Å². The van der Waals surface area contributed by atoms with Crippen molar-refractivity contribution >= 4 is 17.5 Å². The maximum Gasteiger partial charge on any atom is 0.223 e. The molecule has 0 spiro atoms. The Bertz CT molecular complexity index is 873. The number of rotatable bonds is 4. The van der Waals surface area contributed by atoms with Gasteiger partial charge >= 0.3 is 0 Å². The fourth-order valence-corrected chi connectivity index (χ4v) is 4.76. The van der Waals surface area contributed by atoms with E-state index in [1.165, 1.54) is 43.7 Å². The average Bonchev–Trinajstić information content (AvgIpc) is 3.00. The molecular weight excluding hydrogens is 377 g/mol. The van der Waals surface area contributed by atoms with Gasteiger partial charge in [-0.05, 0) is 49.8 Å². The summed E-state index contributed by atoms with van der Waals surface area (Å²) >= 11 is 5.87. The maximum absolute atomic E-state index is 14.3. The second-order valence-electron chi connectivity index (χ2n) is 8.18. The lowest BCUT2D eigenvalue weighted by Gasteiger charge is -2.30. The Morgan fingerprint density at radius 1 is 1.29 bits per heavy atom. The Morgan fingerprint density at radius 3 is 2.82 bits per heavy atom. The van der Waals surface area contributed by atoms with Crippen LogP contribution in [0.5, 0.6) is 0 Å². The van der Waals surface area contributed by atoms with Crippen molar-refractivity contribution in [3.8, 4) is 0 Å². The number of carbonyl (C=O) groups excluding carboxylic acids is 1. The first-order valence-corrected chi connectivity index (χ1v) is 10.7. The lowest BCUT2D eigenvalue weighted by molar-refractivity contribution is -0.133. The summed E-state index contributed by atoms with van der Waals surface area (Å²) in [4.78, 5) is 14.8. The SMILES string of the molecule is Cc1nn(Cc2ccc(Cl)cc2F)c2c1CCN(C(=O)CC1CCCCC1)C2. The van der Waals surface area contributed by atoms with Crippen LogP contribution in [0.4, 0.5) is 4.39 Å². The highest BCUT2D eigenvalue weighted by molar-refractivity contribution is 6.30. The van der Waals surface area contributed by atoms with Crippen molar-refractivity contribution in [1.29, 1.82) is 0 Å². The topological polar surface area (TPSA) is 38.1 Å². The fourth-order valence-electron chi connectivity index (χ4n) is 4.60. The van der Waals surface area contributed by atoms with Gasteiger partial charge in [-0.15, -0.1) is 0 Å². The molecule has 0 bridgehead atoms. The maximum atomic E-state index is 14.3. The van der Waals surface area contributed by atoms with Crippen molar-refractivity contribution in [2.75, 3.05) is 6.54 Å². The van der Waals surface area contributed by atoms with Crippen molar-refractivity contribution in [2.45, 2.75) is 65.0 Å². The summed E-state index contributed by atoms with van der Waals surface area (Å²) in [5, 5.41) is 5.03. The van der Waals surface area contributed by atoms with E-state index in [2.05, 4.69) is 5.10 Å². The van der Waals surface area contributed by atoms with Gasteiger partial charge in [-0.1, -0.05) is 36.9 Å². The molecule has 28 heavy (non-hydrogen) atoms. The monoisotopic (exact) mass is 403 g/mol. The number of benzene rings is 1. The number of amides is 1. The molecule has 1 aliphatic heterocycles. The highest BCUT2D eigenvalue weighted by atomic mass is 35.5. The molecule has 6 heteroatoms. The van der Waals surface area contributed by atoms with Crippen molar-refractivity contribution in [3.05, 3.63) is 51.6 Å². The van der Waals surface area contributed by atoms with Gasteiger partial charge < -0.3 is 4.90 Å². The van der Waals surface area contributed by atoms with Crippen LogP contribution in [0.15, 0.2) is 18.2 Å². The lowest BCUT2D eigenvalue weighted by atomic mass is 9.86. The van der Waals surface area contributed by atoms with E-state index in [9.17, 15) is 9.18 Å². The Balaban J connectivity index is 1.50. The average molecular weight is 404 g/mol. The quantitative estimate of drug-likeness (QED) is 0.729.